The molecule has 202 valence electrons. The summed E-state index contributed by atoms with van der Waals surface area (Å²) in [5, 5.41) is 6.32. The van der Waals surface area contributed by atoms with E-state index in [9.17, 15) is 13.2 Å². The molecule has 3 aromatic carbocycles. The number of hydrogen-bond acceptors (Lipinski definition) is 6. The zero-order chi connectivity index (χ0) is 27.9. The van der Waals surface area contributed by atoms with Crippen molar-refractivity contribution in [3.8, 4) is 22.8 Å². The number of thioether (sulfide) groups is 1. The minimum atomic E-state index is -4.74. The third-order valence-electron chi connectivity index (χ3n) is 6.37. The van der Waals surface area contributed by atoms with Gasteiger partial charge in [0, 0.05) is 16.6 Å². The van der Waals surface area contributed by atoms with Gasteiger partial charge in [-0.1, -0.05) is 43.8 Å². The van der Waals surface area contributed by atoms with Gasteiger partial charge in [0.25, 0.3) is 0 Å². The largest absolute Gasteiger partial charge is 0.573 e. The number of hydrogen-bond donors (Lipinski definition) is 0. The van der Waals surface area contributed by atoms with Crippen molar-refractivity contribution in [2.24, 2.45) is 4.99 Å². The van der Waals surface area contributed by atoms with E-state index in [-0.39, 0.29) is 5.75 Å². The van der Waals surface area contributed by atoms with Crippen LogP contribution in [0.3, 0.4) is 0 Å². The topological polar surface area (TPSA) is 68.4 Å². The molecule has 0 aliphatic carbocycles. The van der Waals surface area contributed by atoms with Crippen LogP contribution in [0.2, 0.25) is 0 Å². The summed E-state index contributed by atoms with van der Waals surface area (Å²) in [5.74, 6) is 2.08. The molecular formula is C29H23F3N6OS. The van der Waals surface area contributed by atoms with E-state index in [0.717, 1.165) is 27.5 Å². The number of amidine groups is 1. The summed E-state index contributed by atoms with van der Waals surface area (Å²) >= 11 is 1.69. The molecule has 1 aliphatic rings. The van der Waals surface area contributed by atoms with Crippen LogP contribution in [0.5, 0.6) is 5.75 Å². The Bertz CT molecular complexity index is 1720. The summed E-state index contributed by atoms with van der Waals surface area (Å²) in [6, 6.07) is 23.4. The minimum absolute atomic E-state index is 0.299. The summed E-state index contributed by atoms with van der Waals surface area (Å²) < 4.78 is 42.7. The van der Waals surface area contributed by atoms with E-state index in [1.807, 2.05) is 30.3 Å². The Morgan fingerprint density at radius 2 is 1.77 bits per heavy atom. The van der Waals surface area contributed by atoms with Crippen LogP contribution >= 0.6 is 11.8 Å². The Morgan fingerprint density at radius 1 is 0.975 bits per heavy atom. The fourth-order valence-corrected chi connectivity index (χ4v) is 5.18. The number of anilines is 1. The molecule has 0 bridgehead atoms. The smallest absolute Gasteiger partial charge is 0.406 e. The van der Waals surface area contributed by atoms with Gasteiger partial charge in [-0.25, -0.2) is 19.6 Å². The fourth-order valence-electron chi connectivity index (χ4n) is 4.41. The Balaban J connectivity index is 1.21. The molecular weight excluding hydrogens is 537 g/mol. The highest BCUT2D eigenvalue weighted by molar-refractivity contribution is 8.16. The average molecular weight is 561 g/mol. The number of pyridine rings is 1. The predicted molar refractivity (Wildman–Crippen MR) is 151 cm³/mol. The molecule has 6 rings (SSSR count). The monoisotopic (exact) mass is 560 g/mol. The summed E-state index contributed by atoms with van der Waals surface area (Å²) in [5.41, 5.74) is 4.60. The van der Waals surface area contributed by atoms with Crippen molar-refractivity contribution in [2.45, 2.75) is 26.1 Å². The SMILES string of the molecule is CC(C)c1ccccc1N1CSC1=Nc1ccc2cc(-c3ncn(-c4ccc(OC(F)(F)F)cc4)n3)ccc2n1. The highest BCUT2D eigenvalue weighted by Gasteiger charge is 2.31. The molecule has 40 heavy (non-hydrogen) atoms. The van der Waals surface area contributed by atoms with Crippen molar-refractivity contribution in [3.05, 3.63) is 90.8 Å². The van der Waals surface area contributed by atoms with E-state index in [2.05, 4.69) is 57.8 Å². The van der Waals surface area contributed by atoms with E-state index in [4.69, 9.17) is 9.98 Å². The molecule has 11 heteroatoms. The molecule has 2 aromatic heterocycles. The second-order valence-electron chi connectivity index (χ2n) is 9.44. The first-order valence-corrected chi connectivity index (χ1v) is 13.5. The molecule has 0 saturated carbocycles. The number of halogens is 3. The van der Waals surface area contributed by atoms with E-state index in [1.165, 1.54) is 46.5 Å². The quantitative estimate of drug-likeness (QED) is 0.212. The van der Waals surface area contributed by atoms with Crippen molar-refractivity contribution in [2.75, 3.05) is 10.8 Å². The van der Waals surface area contributed by atoms with Crippen LogP contribution in [0.15, 0.2) is 90.2 Å². The molecule has 3 heterocycles. The Kier molecular flexibility index (Phi) is 6.67. The zero-order valence-electron chi connectivity index (χ0n) is 21.5. The number of para-hydroxylation sites is 1. The molecule has 0 unspecified atom stereocenters. The van der Waals surface area contributed by atoms with Crippen molar-refractivity contribution in [1.29, 1.82) is 0 Å². The van der Waals surface area contributed by atoms with E-state index in [1.54, 1.807) is 11.8 Å². The third-order valence-corrected chi connectivity index (χ3v) is 7.33. The molecule has 1 saturated heterocycles. The van der Waals surface area contributed by atoms with Crippen LogP contribution in [0, 0.1) is 0 Å². The van der Waals surface area contributed by atoms with Crippen LogP contribution in [0.25, 0.3) is 28.0 Å². The van der Waals surface area contributed by atoms with Gasteiger partial charge in [0.05, 0.1) is 17.1 Å². The second kappa shape index (κ2) is 10.3. The van der Waals surface area contributed by atoms with Crippen molar-refractivity contribution in [3.63, 3.8) is 0 Å². The maximum absolute atomic E-state index is 12.4. The fraction of sp³-hybridized carbons (Fsp3) is 0.172. The van der Waals surface area contributed by atoms with Crippen LogP contribution in [-0.2, 0) is 0 Å². The molecule has 0 amide bonds. The van der Waals surface area contributed by atoms with Gasteiger partial charge in [-0.3, -0.25) is 0 Å². The first-order chi connectivity index (χ1) is 19.2. The lowest BCUT2D eigenvalue weighted by molar-refractivity contribution is -0.274. The van der Waals surface area contributed by atoms with Crippen molar-refractivity contribution < 1.29 is 17.9 Å². The normalized spacial score (nSPS) is 14.7. The number of fused-ring (bicyclic) bond motifs is 1. The number of alkyl halides is 3. The third kappa shape index (κ3) is 5.37. The standard InChI is InChI=1S/C29H23F3N6OS/c1-18(2)23-5-3-4-6-25(23)37-17-40-28(37)35-26-14-8-19-15-20(7-13-24(19)34-26)27-33-16-38(36-27)21-9-11-22(12-10-21)39-29(30,31)32/h3-16,18H,17H2,1-2H3. The first-order valence-electron chi connectivity index (χ1n) is 12.5. The van der Waals surface area contributed by atoms with E-state index in [0.29, 0.717) is 23.2 Å². The number of aliphatic imine (C=N–C) groups is 1. The van der Waals surface area contributed by atoms with Crippen molar-refractivity contribution in [1.82, 2.24) is 19.7 Å². The molecule has 0 N–H and O–H groups in total. The maximum atomic E-state index is 12.4. The van der Waals surface area contributed by atoms with Gasteiger partial charge < -0.3 is 9.64 Å². The summed E-state index contributed by atoms with van der Waals surface area (Å²) in [4.78, 5) is 16.1. The van der Waals surface area contributed by atoms with Crippen molar-refractivity contribution >= 4 is 39.3 Å². The van der Waals surface area contributed by atoms with E-state index < -0.39 is 6.36 Å². The number of nitrogens with zero attached hydrogens (tertiary/aromatic N) is 6. The number of aromatic nitrogens is 4. The maximum Gasteiger partial charge on any atom is 0.573 e. The predicted octanol–water partition coefficient (Wildman–Crippen LogP) is 7.70. The number of ether oxygens (including phenoxy) is 1. The van der Waals surface area contributed by atoms with Crippen LogP contribution in [-0.4, -0.2) is 37.2 Å². The molecule has 0 spiro atoms. The van der Waals surface area contributed by atoms with Gasteiger partial charge in [-0.2, -0.15) is 0 Å². The van der Waals surface area contributed by atoms with Crippen LogP contribution in [0.4, 0.5) is 24.7 Å². The van der Waals surface area contributed by atoms with Gasteiger partial charge in [-0.05, 0) is 72.1 Å². The molecule has 5 aromatic rings. The lowest BCUT2D eigenvalue weighted by Crippen LogP contribution is -2.39. The molecule has 0 atom stereocenters. The lowest BCUT2D eigenvalue weighted by atomic mass is 10.0. The molecule has 0 radical (unpaired) electrons. The van der Waals surface area contributed by atoms with Gasteiger partial charge in [0.15, 0.2) is 16.8 Å². The Hall–Kier alpha value is -4.38. The van der Waals surface area contributed by atoms with Gasteiger partial charge in [-0.15, -0.1) is 18.3 Å². The Morgan fingerprint density at radius 3 is 2.50 bits per heavy atom. The molecule has 1 aliphatic heterocycles. The van der Waals surface area contributed by atoms with Gasteiger partial charge in [0.2, 0.25) is 0 Å². The lowest BCUT2D eigenvalue weighted by Gasteiger charge is -2.35. The summed E-state index contributed by atoms with van der Waals surface area (Å²) in [6.07, 6.45) is -3.23. The molecule has 7 nitrogen and oxygen atoms in total. The minimum Gasteiger partial charge on any atom is -0.406 e. The van der Waals surface area contributed by atoms with Crippen LogP contribution in [0.1, 0.15) is 25.3 Å². The first kappa shape index (κ1) is 25.9. The van der Waals surface area contributed by atoms with Gasteiger partial charge in [0.1, 0.15) is 12.1 Å². The average Bonchev–Trinajstić information content (AvgIpc) is 3.41. The Labute approximate surface area is 232 Å². The van der Waals surface area contributed by atoms with E-state index >= 15 is 0 Å². The highest BCUT2D eigenvalue weighted by Crippen LogP contribution is 2.37. The second-order valence-corrected chi connectivity index (χ2v) is 10.4. The number of rotatable bonds is 6. The summed E-state index contributed by atoms with van der Waals surface area (Å²) in [6.45, 7) is 4.38. The highest BCUT2D eigenvalue weighted by atomic mass is 32.2. The zero-order valence-corrected chi connectivity index (χ0v) is 22.3. The number of benzene rings is 3. The molecule has 1 fully saturated rings. The summed E-state index contributed by atoms with van der Waals surface area (Å²) in [7, 11) is 0. The van der Waals surface area contributed by atoms with Crippen LogP contribution < -0.4 is 9.64 Å². The van der Waals surface area contributed by atoms with Gasteiger partial charge >= 0.3 is 6.36 Å².